The molecule has 0 radical (unpaired) electrons. The van der Waals surface area contributed by atoms with Crippen molar-refractivity contribution in [1.29, 1.82) is 0 Å². The molecule has 1 aliphatic heterocycles. The number of para-hydroxylation sites is 1. The van der Waals surface area contributed by atoms with Crippen molar-refractivity contribution in [2.45, 2.75) is 25.8 Å². The topological polar surface area (TPSA) is 46.1 Å². The van der Waals surface area contributed by atoms with Crippen molar-refractivity contribution >= 4 is 23.2 Å². The summed E-state index contributed by atoms with van der Waals surface area (Å²) in [6, 6.07) is 14.5. The zero-order valence-corrected chi connectivity index (χ0v) is 15.4. The van der Waals surface area contributed by atoms with Gasteiger partial charge >= 0.3 is 0 Å². The van der Waals surface area contributed by atoms with Gasteiger partial charge in [-0.05, 0) is 30.3 Å². The van der Waals surface area contributed by atoms with Crippen LogP contribution in [0.15, 0.2) is 42.5 Å². The largest absolute Gasteiger partial charge is 0.496 e. The van der Waals surface area contributed by atoms with E-state index in [0.29, 0.717) is 11.1 Å². The van der Waals surface area contributed by atoms with E-state index < -0.39 is 0 Å². The number of methoxy groups -OCH3 is 1. The predicted molar refractivity (Wildman–Crippen MR) is 100 cm³/mol. The van der Waals surface area contributed by atoms with Crippen LogP contribution >= 0.6 is 11.6 Å². The number of quaternary nitrogens is 1. The van der Waals surface area contributed by atoms with Gasteiger partial charge in [-0.1, -0.05) is 23.7 Å². The SMILES string of the molecule is COc1ccc(Cl)cc1-c1ccccc1[NH2+]C1CCN(C(C)=O)CC1. The molecule has 1 aliphatic rings. The molecule has 25 heavy (non-hydrogen) atoms. The van der Waals surface area contributed by atoms with E-state index in [-0.39, 0.29) is 5.91 Å². The Hall–Kier alpha value is -2.04. The summed E-state index contributed by atoms with van der Waals surface area (Å²) in [6.07, 6.45) is 2.00. The maximum Gasteiger partial charge on any atom is 0.219 e. The fourth-order valence-electron chi connectivity index (χ4n) is 3.41. The Bertz CT molecular complexity index is 755. The summed E-state index contributed by atoms with van der Waals surface area (Å²) in [4.78, 5) is 13.4. The third-order valence-corrected chi connectivity index (χ3v) is 5.05. The van der Waals surface area contributed by atoms with E-state index in [1.807, 2.05) is 29.2 Å². The number of halogens is 1. The van der Waals surface area contributed by atoms with E-state index in [1.165, 1.54) is 5.69 Å². The van der Waals surface area contributed by atoms with Crippen molar-refractivity contribution < 1.29 is 14.8 Å². The molecule has 3 rings (SSSR count). The molecule has 0 aromatic heterocycles. The number of carbonyl (C=O) groups excluding carboxylic acids is 1. The Morgan fingerprint density at radius 3 is 2.56 bits per heavy atom. The number of hydrogen-bond acceptors (Lipinski definition) is 2. The lowest BCUT2D eigenvalue weighted by Gasteiger charge is -2.30. The third kappa shape index (κ3) is 4.14. The van der Waals surface area contributed by atoms with E-state index in [1.54, 1.807) is 14.0 Å². The van der Waals surface area contributed by atoms with Gasteiger partial charge in [-0.2, -0.15) is 0 Å². The number of ether oxygens (including phenoxy) is 1. The highest BCUT2D eigenvalue weighted by Gasteiger charge is 2.24. The lowest BCUT2D eigenvalue weighted by atomic mass is 10.00. The molecule has 2 N–H and O–H groups in total. The highest BCUT2D eigenvalue weighted by Crippen LogP contribution is 2.35. The molecule has 0 unspecified atom stereocenters. The number of rotatable bonds is 4. The van der Waals surface area contributed by atoms with Crippen LogP contribution in [0.1, 0.15) is 19.8 Å². The molecule has 0 saturated carbocycles. The van der Waals surface area contributed by atoms with Crippen molar-refractivity contribution in [2.75, 3.05) is 20.2 Å². The monoisotopic (exact) mass is 359 g/mol. The van der Waals surface area contributed by atoms with Crippen molar-refractivity contribution in [3.8, 4) is 16.9 Å². The van der Waals surface area contributed by atoms with E-state index in [0.717, 1.165) is 42.8 Å². The molecule has 1 amide bonds. The molecule has 0 aliphatic carbocycles. The van der Waals surface area contributed by atoms with E-state index in [2.05, 4.69) is 23.5 Å². The Morgan fingerprint density at radius 2 is 1.88 bits per heavy atom. The summed E-state index contributed by atoms with van der Waals surface area (Å²) in [5.41, 5.74) is 3.31. The first kappa shape index (κ1) is 17.8. The number of nitrogens with two attached hydrogens (primary N) is 1. The lowest BCUT2D eigenvalue weighted by Crippen LogP contribution is -2.86. The van der Waals surface area contributed by atoms with Gasteiger partial charge in [-0.25, -0.2) is 0 Å². The first-order valence-electron chi connectivity index (χ1n) is 8.62. The predicted octanol–water partition coefficient (Wildman–Crippen LogP) is 3.22. The maximum atomic E-state index is 11.5. The van der Waals surface area contributed by atoms with Gasteiger partial charge in [0.1, 0.15) is 11.4 Å². The minimum atomic E-state index is 0.169. The van der Waals surface area contributed by atoms with E-state index in [9.17, 15) is 4.79 Å². The fourth-order valence-corrected chi connectivity index (χ4v) is 3.59. The second-order valence-electron chi connectivity index (χ2n) is 6.44. The number of hydrogen-bond donors (Lipinski definition) is 1. The first-order chi connectivity index (χ1) is 12.1. The average molecular weight is 360 g/mol. The molecule has 0 spiro atoms. The number of nitrogens with zero attached hydrogens (tertiary/aromatic N) is 1. The van der Waals surface area contributed by atoms with Crippen LogP contribution in [0, 0.1) is 0 Å². The molecule has 1 fully saturated rings. The third-order valence-electron chi connectivity index (χ3n) is 4.81. The van der Waals surface area contributed by atoms with Gasteiger partial charge in [0.15, 0.2) is 0 Å². The number of amides is 1. The highest BCUT2D eigenvalue weighted by atomic mass is 35.5. The van der Waals surface area contributed by atoms with Crippen LogP contribution in [0.4, 0.5) is 5.69 Å². The summed E-state index contributed by atoms with van der Waals surface area (Å²) < 4.78 is 5.52. The molecule has 4 nitrogen and oxygen atoms in total. The van der Waals surface area contributed by atoms with Gasteiger partial charge in [0.2, 0.25) is 5.91 Å². The van der Waals surface area contributed by atoms with E-state index >= 15 is 0 Å². The zero-order valence-electron chi connectivity index (χ0n) is 14.7. The average Bonchev–Trinajstić information content (AvgIpc) is 2.62. The van der Waals surface area contributed by atoms with Crippen LogP contribution in [0.25, 0.3) is 11.1 Å². The molecule has 2 aromatic rings. The molecule has 0 bridgehead atoms. The van der Waals surface area contributed by atoms with Gasteiger partial charge in [-0.3, -0.25) is 4.79 Å². The van der Waals surface area contributed by atoms with Gasteiger partial charge in [-0.15, -0.1) is 0 Å². The van der Waals surface area contributed by atoms with Gasteiger partial charge in [0, 0.05) is 49.0 Å². The zero-order chi connectivity index (χ0) is 17.8. The Kier molecular flexibility index (Phi) is 5.61. The quantitative estimate of drug-likeness (QED) is 0.852. The summed E-state index contributed by atoms with van der Waals surface area (Å²) >= 11 is 6.21. The molecular formula is C20H24ClN2O2+. The molecule has 1 heterocycles. The molecular weight excluding hydrogens is 336 g/mol. The summed E-state index contributed by atoms with van der Waals surface area (Å²) in [5, 5.41) is 3.02. The van der Waals surface area contributed by atoms with Gasteiger partial charge < -0.3 is 15.0 Å². The second kappa shape index (κ2) is 7.89. The molecule has 1 saturated heterocycles. The van der Waals surface area contributed by atoms with Crippen LogP contribution < -0.4 is 10.1 Å². The smallest absolute Gasteiger partial charge is 0.219 e. The summed E-state index contributed by atoms with van der Waals surface area (Å²) in [6.45, 7) is 3.31. The summed E-state index contributed by atoms with van der Waals surface area (Å²) in [7, 11) is 1.68. The minimum absolute atomic E-state index is 0.169. The Morgan fingerprint density at radius 1 is 1.16 bits per heavy atom. The number of carbonyl (C=O) groups is 1. The maximum absolute atomic E-state index is 11.5. The van der Waals surface area contributed by atoms with Crippen LogP contribution in [0.5, 0.6) is 5.75 Å². The summed E-state index contributed by atoms with van der Waals surface area (Å²) in [5.74, 6) is 0.985. The van der Waals surface area contributed by atoms with Gasteiger partial charge in [0.05, 0.1) is 13.2 Å². The van der Waals surface area contributed by atoms with Crippen molar-refractivity contribution in [3.63, 3.8) is 0 Å². The second-order valence-corrected chi connectivity index (χ2v) is 6.88. The standard InChI is InChI=1S/C20H23ClN2O2/c1-14(24)23-11-9-16(10-12-23)22-19-6-4-3-5-17(19)18-13-15(21)7-8-20(18)25-2/h3-8,13,16,22H,9-12H2,1-2H3/p+1. The molecule has 132 valence electrons. The molecule has 0 atom stereocenters. The number of piperidine rings is 1. The van der Waals surface area contributed by atoms with Crippen LogP contribution in [-0.4, -0.2) is 37.0 Å². The number of likely N-dealkylation sites (tertiary alicyclic amines) is 1. The molecule has 2 aromatic carbocycles. The highest BCUT2D eigenvalue weighted by molar-refractivity contribution is 6.31. The van der Waals surface area contributed by atoms with Crippen LogP contribution in [0.3, 0.4) is 0 Å². The lowest BCUT2D eigenvalue weighted by molar-refractivity contribution is -0.613. The van der Waals surface area contributed by atoms with Gasteiger partial charge in [0.25, 0.3) is 0 Å². The number of benzene rings is 2. The first-order valence-corrected chi connectivity index (χ1v) is 8.99. The van der Waals surface area contributed by atoms with Crippen molar-refractivity contribution in [1.82, 2.24) is 4.90 Å². The molecule has 5 heteroatoms. The Balaban J connectivity index is 1.83. The van der Waals surface area contributed by atoms with Crippen molar-refractivity contribution in [3.05, 3.63) is 47.5 Å². The van der Waals surface area contributed by atoms with Crippen molar-refractivity contribution in [2.24, 2.45) is 0 Å². The Labute approximate surface area is 153 Å². The minimum Gasteiger partial charge on any atom is -0.496 e. The van der Waals surface area contributed by atoms with Crippen LogP contribution in [0.2, 0.25) is 5.02 Å². The van der Waals surface area contributed by atoms with Crippen LogP contribution in [-0.2, 0) is 4.79 Å². The fraction of sp³-hybridized carbons (Fsp3) is 0.350. The van der Waals surface area contributed by atoms with E-state index in [4.69, 9.17) is 16.3 Å². The normalized spacial score (nSPS) is 15.2.